The summed E-state index contributed by atoms with van der Waals surface area (Å²) in [4.78, 5) is 2.49. The van der Waals surface area contributed by atoms with Crippen molar-refractivity contribution in [3.8, 4) is 5.75 Å². The minimum absolute atomic E-state index is 0.339. The number of benzene rings is 1. The first kappa shape index (κ1) is 13.5. The van der Waals surface area contributed by atoms with Crippen LogP contribution in [0, 0.1) is 0 Å². The normalized spacial score (nSPS) is 17.1. The summed E-state index contributed by atoms with van der Waals surface area (Å²) in [5.74, 6) is 0.339. The van der Waals surface area contributed by atoms with Crippen molar-refractivity contribution in [2.24, 2.45) is 0 Å². The molecule has 1 saturated heterocycles. The Balaban J connectivity index is 1.98. The third-order valence-electron chi connectivity index (χ3n) is 4.02. The summed E-state index contributed by atoms with van der Waals surface area (Å²) in [6.07, 6.45) is 0. The number of phenols is 1. The predicted molar refractivity (Wildman–Crippen MR) is 82.1 cm³/mol. The van der Waals surface area contributed by atoms with Crippen LogP contribution in [0.4, 0.5) is 0 Å². The summed E-state index contributed by atoms with van der Waals surface area (Å²) < 4.78 is 2.34. The number of piperazine rings is 1. The molecular formula is C16H23N3O. The zero-order valence-corrected chi connectivity index (χ0v) is 12.3. The van der Waals surface area contributed by atoms with Gasteiger partial charge >= 0.3 is 0 Å². The van der Waals surface area contributed by atoms with Crippen LogP contribution < -0.4 is 5.32 Å². The van der Waals surface area contributed by atoms with Gasteiger partial charge in [0, 0.05) is 55.9 Å². The van der Waals surface area contributed by atoms with E-state index in [1.165, 1.54) is 11.1 Å². The first-order chi connectivity index (χ1) is 9.65. The maximum absolute atomic E-state index is 9.74. The number of nitrogens with one attached hydrogen (secondary N) is 1. The van der Waals surface area contributed by atoms with Crippen LogP contribution in [0.5, 0.6) is 5.75 Å². The molecule has 0 aliphatic carbocycles. The molecule has 20 heavy (non-hydrogen) atoms. The Labute approximate surface area is 120 Å². The van der Waals surface area contributed by atoms with Gasteiger partial charge in [0.1, 0.15) is 5.75 Å². The molecule has 4 nitrogen and oxygen atoms in total. The van der Waals surface area contributed by atoms with E-state index in [1.807, 2.05) is 12.1 Å². The van der Waals surface area contributed by atoms with Crippen LogP contribution in [-0.2, 0) is 6.54 Å². The molecule has 0 unspecified atom stereocenters. The van der Waals surface area contributed by atoms with Crippen molar-refractivity contribution in [2.45, 2.75) is 26.4 Å². The summed E-state index contributed by atoms with van der Waals surface area (Å²) in [5.41, 5.74) is 2.47. The summed E-state index contributed by atoms with van der Waals surface area (Å²) in [6, 6.07) is 8.30. The Morgan fingerprint density at radius 1 is 1.20 bits per heavy atom. The minimum atomic E-state index is 0.339. The van der Waals surface area contributed by atoms with Gasteiger partial charge in [-0.1, -0.05) is 0 Å². The molecule has 2 aromatic rings. The number of hydrogen-bond donors (Lipinski definition) is 2. The molecule has 0 bridgehead atoms. The number of nitrogens with zero attached hydrogens (tertiary/aromatic N) is 2. The predicted octanol–water partition coefficient (Wildman–Crippen LogP) is 2.33. The molecule has 1 aromatic heterocycles. The molecule has 2 N–H and O–H groups in total. The Hall–Kier alpha value is -1.52. The minimum Gasteiger partial charge on any atom is -0.508 e. The first-order valence-corrected chi connectivity index (χ1v) is 7.41. The second-order valence-corrected chi connectivity index (χ2v) is 5.87. The van der Waals surface area contributed by atoms with E-state index in [0.29, 0.717) is 11.8 Å². The fraction of sp³-hybridized carbons (Fsp3) is 0.500. The second-order valence-electron chi connectivity index (χ2n) is 5.87. The van der Waals surface area contributed by atoms with Crippen LogP contribution in [0.15, 0.2) is 24.3 Å². The van der Waals surface area contributed by atoms with Crippen molar-refractivity contribution in [3.63, 3.8) is 0 Å². The van der Waals surface area contributed by atoms with Crippen LogP contribution in [0.25, 0.3) is 10.9 Å². The van der Waals surface area contributed by atoms with Crippen molar-refractivity contribution in [3.05, 3.63) is 30.0 Å². The topological polar surface area (TPSA) is 40.4 Å². The average Bonchev–Trinajstić information content (AvgIpc) is 2.77. The third-order valence-corrected chi connectivity index (χ3v) is 4.02. The molecule has 1 aliphatic heterocycles. The molecule has 0 saturated carbocycles. The van der Waals surface area contributed by atoms with Crippen LogP contribution in [0.3, 0.4) is 0 Å². The van der Waals surface area contributed by atoms with Crippen LogP contribution in [0.1, 0.15) is 25.6 Å². The smallest absolute Gasteiger partial charge is 0.117 e. The van der Waals surface area contributed by atoms with Crippen molar-refractivity contribution in [1.29, 1.82) is 0 Å². The van der Waals surface area contributed by atoms with Gasteiger partial charge in [0.05, 0.1) is 5.52 Å². The number of aromatic hydroxyl groups is 1. The molecule has 0 spiro atoms. The molecule has 1 aromatic carbocycles. The zero-order chi connectivity index (χ0) is 14.1. The maximum atomic E-state index is 9.74. The Kier molecular flexibility index (Phi) is 3.68. The molecule has 1 aliphatic rings. The number of aromatic nitrogens is 1. The third kappa shape index (κ3) is 2.53. The number of fused-ring (bicyclic) bond motifs is 1. The molecular weight excluding hydrogens is 250 g/mol. The summed E-state index contributed by atoms with van der Waals surface area (Å²) in [6.45, 7) is 9.73. The van der Waals surface area contributed by atoms with Gasteiger partial charge < -0.3 is 15.0 Å². The highest BCUT2D eigenvalue weighted by atomic mass is 16.3. The molecule has 2 heterocycles. The van der Waals surface area contributed by atoms with Crippen molar-refractivity contribution in [2.75, 3.05) is 26.2 Å². The van der Waals surface area contributed by atoms with Crippen LogP contribution >= 0.6 is 0 Å². The molecule has 3 rings (SSSR count). The monoisotopic (exact) mass is 273 g/mol. The van der Waals surface area contributed by atoms with Gasteiger partial charge in [-0.05, 0) is 32.0 Å². The van der Waals surface area contributed by atoms with E-state index in [4.69, 9.17) is 0 Å². The molecule has 108 valence electrons. The Bertz CT molecular complexity index is 597. The van der Waals surface area contributed by atoms with E-state index in [1.54, 1.807) is 6.07 Å². The van der Waals surface area contributed by atoms with Gasteiger partial charge in [0.15, 0.2) is 0 Å². The molecule has 0 atom stereocenters. The largest absolute Gasteiger partial charge is 0.508 e. The van der Waals surface area contributed by atoms with E-state index < -0.39 is 0 Å². The van der Waals surface area contributed by atoms with Crippen LogP contribution in [-0.4, -0.2) is 40.8 Å². The van der Waals surface area contributed by atoms with Gasteiger partial charge in [-0.15, -0.1) is 0 Å². The van der Waals surface area contributed by atoms with Gasteiger partial charge in [0.25, 0.3) is 0 Å². The quantitative estimate of drug-likeness (QED) is 0.902. The van der Waals surface area contributed by atoms with E-state index in [2.05, 4.69) is 34.7 Å². The van der Waals surface area contributed by atoms with Gasteiger partial charge in [-0.2, -0.15) is 0 Å². The van der Waals surface area contributed by atoms with Crippen molar-refractivity contribution in [1.82, 2.24) is 14.8 Å². The number of hydrogen-bond acceptors (Lipinski definition) is 3. The van der Waals surface area contributed by atoms with Gasteiger partial charge in [-0.25, -0.2) is 0 Å². The van der Waals surface area contributed by atoms with Crippen LogP contribution in [0.2, 0.25) is 0 Å². The maximum Gasteiger partial charge on any atom is 0.117 e. The lowest BCUT2D eigenvalue weighted by Crippen LogP contribution is -2.43. The lowest BCUT2D eigenvalue weighted by Gasteiger charge is -2.28. The van der Waals surface area contributed by atoms with E-state index in [0.717, 1.165) is 38.2 Å². The summed E-state index contributed by atoms with van der Waals surface area (Å²) in [5, 5.41) is 14.3. The highest BCUT2D eigenvalue weighted by Gasteiger charge is 2.16. The number of rotatable bonds is 3. The summed E-state index contributed by atoms with van der Waals surface area (Å²) in [7, 11) is 0. The standard InChI is InChI=1S/C16H23N3O/c1-12(2)19-14(11-18-7-5-17-6-8-18)9-13-3-4-15(20)10-16(13)19/h3-4,9-10,12,17,20H,5-8,11H2,1-2H3. The van der Waals surface area contributed by atoms with Crippen molar-refractivity contribution < 1.29 is 5.11 Å². The fourth-order valence-electron chi connectivity index (χ4n) is 3.10. The zero-order valence-electron chi connectivity index (χ0n) is 12.3. The second kappa shape index (κ2) is 5.46. The average molecular weight is 273 g/mol. The number of phenolic OH excluding ortho intramolecular Hbond substituents is 1. The van der Waals surface area contributed by atoms with Gasteiger partial charge in [-0.3, -0.25) is 4.90 Å². The lowest BCUT2D eigenvalue weighted by molar-refractivity contribution is 0.227. The lowest BCUT2D eigenvalue weighted by atomic mass is 10.2. The molecule has 1 fully saturated rings. The van der Waals surface area contributed by atoms with E-state index in [9.17, 15) is 5.11 Å². The van der Waals surface area contributed by atoms with Gasteiger partial charge in [0.2, 0.25) is 0 Å². The SMILES string of the molecule is CC(C)n1c(CN2CCNCC2)cc2ccc(O)cc21. The van der Waals surface area contributed by atoms with E-state index >= 15 is 0 Å². The van der Waals surface area contributed by atoms with Crippen molar-refractivity contribution >= 4 is 10.9 Å². The molecule has 0 amide bonds. The van der Waals surface area contributed by atoms with E-state index in [-0.39, 0.29) is 0 Å². The summed E-state index contributed by atoms with van der Waals surface area (Å²) >= 11 is 0. The molecule has 0 radical (unpaired) electrons. The highest BCUT2D eigenvalue weighted by Crippen LogP contribution is 2.28. The molecule has 4 heteroatoms. The Morgan fingerprint density at radius 2 is 1.95 bits per heavy atom. The first-order valence-electron chi connectivity index (χ1n) is 7.41. The fourth-order valence-corrected chi connectivity index (χ4v) is 3.10. The highest BCUT2D eigenvalue weighted by molar-refractivity contribution is 5.83. The Morgan fingerprint density at radius 3 is 2.65 bits per heavy atom.